The molecule has 1 saturated heterocycles. The van der Waals surface area contributed by atoms with E-state index in [-0.39, 0.29) is 28.6 Å². The molecule has 0 unspecified atom stereocenters. The molecule has 4 aromatic carbocycles. The van der Waals surface area contributed by atoms with Crippen LogP contribution in [-0.2, 0) is 17.8 Å². The molecule has 11 heteroatoms. The number of phenols is 1. The minimum Gasteiger partial charge on any atom is -0.506 e. The van der Waals surface area contributed by atoms with E-state index in [1.165, 1.54) is 0 Å². The van der Waals surface area contributed by atoms with Gasteiger partial charge in [-0.2, -0.15) is 0 Å². The molecule has 254 valence electrons. The first-order chi connectivity index (χ1) is 23.8. The predicted molar refractivity (Wildman–Crippen MR) is 197 cm³/mol. The van der Waals surface area contributed by atoms with E-state index in [2.05, 4.69) is 38.1 Å². The number of aromatic hydroxyl groups is 1. The van der Waals surface area contributed by atoms with Gasteiger partial charge in [0.05, 0.1) is 10.4 Å². The van der Waals surface area contributed by atoms with Crippen molar-refractivity contribution in [3.05, 3.63) is 111 Å². The Morgan fingerprint density at radius 2 is 1.71 bits per heavy atom. The number of piperidine rings is 1. The maximum atomic E-state index is 12.9. The molecule has 1 fully saturated rings. The molecular formula is C38H42N6O4S. The summed E-state index contributed by atoms with van der Waals surface area (Å²) in [7, 11) is 0. The molecular weight excluding hydrogens is 637 g/mol. The first-order valence-electron chi connectivity index (χ1n) is 16.7. The molecule has 6 rings (SSSR count). The number of nitrogens with zero attached hydrogens (tertiary/aromatic N) is 1. The molecule has 0 spiro atoms. The molecule has 1 aliphatic rings. The van der Waals surface area contributed by atoms with E-state index >= 15 is 0 Å². The molecule has 0 saturated carbocycles. The van der Waals surface area contributed by atoms with Crippen molar-refractivity contribution in [3.63, 3.8) is 0 Å². The highest BCUT2D eigenvalue weighted by Crippen LogP contribution is 2.29. The number of para-hydroxylation sites is 1. The smallest absolute Gasteiger partial charge is 0.319 e. The van der Waals surface area contributed by atoms with Gasteiger partial charge in [0.25, 0.3) is 0 Å². The van der Waals surface area contributed by atoms with Crippen molar-refractivity contribution in [2.75, 3.05) is 36.8 Å². The van der Waals surface area contributed by atoms with Gasteiger partial charge in [0.15, 0.2) is 0 Å². The first kappa shape index (κ1) is 33.9. The Bertz CT molecular complexity index is 1970. The van der Waals surface area contributed by atoms with Crippen molar-refractivity contribution in [2.24, 2.45) is 0 Å². The van der Waals surface area contributed by atoms with Gasteiger partial charge in [0, 0.05) is 49.9 Å². The van der Waals surface area contributed by atoms with E-state index in [9.17, 15) is 19.5 Å². The SMILES string of the molecule is Cc1ccc(NC(=O)CCN2CCC(NC(=O)Nc3ccccc3-c3ccccc3)CC2)cc1CNCCc1ccc(O)c2[nH]c(=O)sc12. The molecule has 3 amide bonds. The normalized spacial score (nSPS) is 13.7. The summed E-state index contributed by atoms with van der Waals surface area (Å²) in [4.78, 5) is 42.3. The number of H-pyrrole nitrogens is 1. The number of phenolic OH excluding ortho intramolecular Hbond substituents is 1. The molecule has 49 heavy (non-hydrogen) atoms. The second-order valence-electron chi connectivity index (χ2n) is 12.5. The Labute approximate surface area is 289 Å². The predicted octanol–water partition coefficient (Wildman–Crippen LogP) is 6.22. The Morgan fingerprint density at radius 1 is 0.939 bits per heavy atom. The number of fused-ring (bicyclic) bond motifs is 1. The highest BCUT2D eigenvalue weighted by Gasteiger charge is 2.21. The second kappa shape index (κ2) is 16.0. The Balaban J connectivity index is 0.909. The quantitative estimate of drug-likeness (QED) is 0.0868. The number of aromatic nitrogens is 1. The second-order valence-corrected chi connectivity index (χ2v) is 13.4. The highest BCUT2D eigenvalue weighted by molar-refractivity contribution is 7.16. The average molecular weight is 679 g/mol. The number of rotatable bonds is 12. The third kappa shape index (κ3) is 8.94. The third-order valence-corrected chi connectivity index (χ3v) is 9.95. The number of urea groups is 1. The third-order valence-electron chi connectivity index (χ3n) is 9.00. The Kier molecular flexibility index (Phi) is 11.0. The van der Waals surface area contributed by atoms with Crippen LogP contribution in [0.25, 0.3) is 21.3 Å². The molecule has 2 heterocycles. The monoisotopic (exact) mass is 678 g/mol. The number of likely N-dealkylation sites (tertiary alicyclic amines) is 1. The maximum absolute atomic E-state index is 12.9. The number of aromatic amines is 1. The largest absolute Gasteiger partial charge is 0.506 e. The van der Waals surface area contributed by atoms with Crippen LogP contribution in [0.15, 0.2) is 89.7 Å². The van der Waals surface area contributed by atoms with Crippen LogP contribution in [0.2, 0.25) is 0 Å². The molecule has 0 aliphatic carbocycles. The van der Waals surface area contributed by atoms with Crippen molar-refractivity contribution < 1.29 is 14.7 Å². The van der Waals surface area contributed by atoms with Crippen molar-refractivity contribution in [1.82, 2.24) is 20.5 Å². The van der Waals surface area contributed by atoms with Gasteiger partial charge in [-0.25, -0.2) is 4.79 Å². The number of anilines is 2. The zero-order chi connectivity index (χ0) is 34.2. The van der Waals surface area contributed by atoms with Crippen LogP contribution in [0.4, 0.5) is 16.2 Å². The number of hydrogen-bond acceptors (Lipinski definition) is 7. The van der Waals surface area contributed by atoms with Crippen LogP contribution in [0.5, 0.6) is 5.75 Å². The summed E-state index contributed by atoms with van der Waals surface area (Å²) in [6, 6.07) is 27.1. The average Bonchev–Trinajstić information content (AvgIpc) is 3.51. The lowest BCUT2D eigenvalue weighted by Gasteiger charge is -2.32. The van der Waals surface area contributed by atoms with E-state index in [4.69, 9.17) is 0 Å². The Hall–Kier alpha value is -4.97. The van der Waals surface area contributed by atoms with Gasteiger partial charge in [0.2, 0.25) is 5.91 Å². The van der Waals surface area contributed by atoms with Crippen LogP contribution >= 0.6 is 11.3 Å². The van der Waals surface area contributed by atoms with Gasteiger partial charge >= 0.3 is 10.9 Å². The minimum atomic E-state index is -0.205. The number of carbonyl (C=O) groups excluding carboxylic acids is 2. The number of nitrogens with one attached hydrogen (secondary N) is 5. The van der Waals surface area contributed by atoms with Gasteiger partial charge in [-0.1, -0.05) is 72.0 Å². The molecule has 6 N–H and O–H groups in total. The number of thiazole rings is 1. The van der Waals surface area contributed by atoms with Crippen molar-refractivity contribution in [3.8, 4) is 16.9 Å². The highest BCUT2D eigenvalue weighted by atomic mass is 32.1. The fourth-order valence-electron chi connectivity index (χ4n) is 6.25. The van der Waals surface area contributed by atoms with Crippen LogP contribution in [-0.4, -0.2) is 59.1 Å². The van der Waals surface area contributed by atoms with Gasteiger partial charge in [-0.05, 0) is 79.3 Å². The first-order valence-corrected chi connectivity index (χ1v) is 17.5. The number of amides is 3. The summed E-state index contributed by atoms with van der Waals surface area (Å²) in [5.41, 5.74) is 7.31. The van der Waals surface area contributed by atoms with Gasteiger partial charge in [0.1, 0.15) is 11.3 Å². The van der Waals surface area contributed by atoms with Crippen LogP contribution in [0.3, 0.4) is 0 Å². The molecule has 5 aromatic rings. The van der Waals surface area contributed by atoms with Gasteiger partial charge in [-0.3, -0.25) is 9.59 Å². The molecule has 10 nitrogen and oxygen atoms in total. The Morgan fingerprint density at radius 3 is 2.53 bits per heavy atom. The van der Waals surface area contributed by atoms with Crippen LogP contribution in [0, 0.1) is 6.92 Å². The zero-order valence-electron chi connectivity index (χ0n) is 27.6. The van der Waals surface area contributed by atoms with Crippen LogP contribution < -0.4 is 26.1 Å². The molecule has 0 radical (unpaired) electrons. The van der Waals surface area contributed by atoms with E-state index < -0.39 is 0 Å². The summed E-state index contributed by atoms with van der Waals surface area (Å²) in [6.07, 6.45) is 2.76. The topological polar surface area (TPSA) is 139 Å². The lowest BCUT2D eigenvalue weighted by Crippen LogP contribution is -2.46. The number of hydrogen-bond donors (Lipinski definition) is 6. The molecule has 0 atom stereocenters. The molecule has 0 bridgehead atoms. The van der Waals surface area contributed by atoms with Crippen molar-refractivity contribution in [2.45, 2.75) is 45.2 Å². The van der Waals surface area contributed by atoms with Crippen LogP contribution in [0.1, 0.15) is 36.0 Å². The summed E-state index contributed by atoms with van der Waals surface area (Å²) in [5.74, 6) is 0.0569. The van der Waals surface area contributed by atoms with E-state index in [1.54, 1.807) is 6.07 Å². The summed E-state index contributed by atoms with van der Waals surface area (Å²) < 4.78 is 0.790. The maximum Gasteiger partial charge on any atom is 0.319 e. The van der Waals surface area contributed by atoms with E-state index in [1.807, 2.05) is 78.9 Å². The number of aryl methyl sites for hydroxylation is 1. The van der Waals surface area contributed by atoms with Crippen molar-refractivity contribution >= 4 is 44.9 Å². The number of benzene rings is 4. The van der Waals surface area contributed by atoms with Crippen molar-refractivity contribution in [1.29, 1.82) is 0 Å². The van der Waals surface area contributed by atoms with E-state index in [0.717, 1.165) is 81.2 Å². The fraction of sp³-hybridized carbons (Fsp3) is 0.289. The van der Waals surface area contributed by atoms with Gasteiger partial charge < -0.3 is 36.3 Å². The summed E-state index contributed by atoms with van der Waals surface area (Å²) >= 11 is 1.11. The lowest BCUT2D eigenvalue weighted by molar-refractivity contribution is -0.116. The fourth-order valence-corrected chi connectivity index (χ4v) is 7.14. The zero-order valence-corrected chi connectivity index (χ0v) is 28.4. The number of carbonyl (C=O) groups is 2. The molecule has 1 aromatic heterocycles. The summed E-state index contributed by atoms with van der Waals surface area (Å²) in [6.45, 7) is 5.68. The van der Waals surface area contributed by atoms with E-state index in [0.29, 0.717) is 38.0 Å². The molecule has 1 aliphatic heterocycles. The summed E-state index contributed by atoms with van der Waals surface area (Å²) in [5, 5.41) is 22.7. The minimum absolute atomic E-state index is 0.0266. The lowest BCUT2D eigenvalue weighted by atomic mass is 10.0. The van der Waals surface area contributed by atoms with Gasteiger partial charge in [-0.15, -0.1) is 0 Å². The standard InChI is InChI=1S/C38H42N6O4S/c1-25-11-13-30(23-28(25)24-39-19-15-27-12-14-33(45)35-36(27)49-38(48)43-35)40-34(46)18-22-44-20-16-29(17-21-44)41-37(47)42-32-10-6-5-9-31(32)26-7-3-2-4-8-26/h2-14,23,29,39,45H,15-22,24H2,1H3,(H,40,46)(H,43,48)(H2,41,42,47).